The van der Waals surface area contributed by atoms with Crippen LogP contribution in [-0.4, -0.2) is 33.4 Å². The van der Waals surface area contributed by atoms with Gasteiger partial charge in [-0.1, -0.05) is 23.8 Å². The highest BCUT2D eigenvalue weighted by atomic mass is 16.5. The van der Waals surface area contributed by atoms with Crippen molar-refractivity contribution in [3.8, 4) is 11.6 Å². The van der Waals surface area contributed by atoms with Crippen molar-refractivity contribution in [3.05, 3.63) is 86.1 Å². The molecule has 0 atom stereocenters. The van der Waals surface area contributed by atoms with Gasteiger partial charge in [0.25, 0.3) is 5.56 Å². The highest BCUT2D eigenvalue weighted by Crippen LogP contribution is 2.21. The maximum absolute atomic E-state index is 12.4. The van der Waals surface area contributed by atoms with Crippen molar-refractivity contribution >= 4 is 17.4 Å². The third kappa shape index (κ3) is 4.01. The van der Waals surface area contributed by atoms with E-state index in [-0.39, 0.29) is 11.3 Å². The standard InChI is InChI=1S/C21H19N3O5/c1-12-7-9-16(10-8-12)24-19(26)17(18(25)23-21(24)28)13(2)22-15-6-4-5-14(11-15)20(27)29-3/h4-11,26H,1-3H3,(H,23,25,28). The largest absolute Gasteiger partial charge is 0.493 e. The molecule has 148 valence electrons. The molecule has 0 radical (unpaired) electrons. The number of aromatic hydroxyl groups is 1. The molecule has 1 aromatic heterocycles. The summed E-state index contributed by atoms with van der Waals surface area (Å²) in [6.07, 6.45) is 0. The number of methoxy groups -OCH3 is 1. The van der Waals surface area contributed by atoms with Crippen LogP contribution in [0.3, 0.4) is 0 Å². The van der Waals surface area contributed by atoms with Gasteiger partial charge in [-0.05, 0) is 44.2 Å². The summed E-state index contributed by atoms with van der Waals surface area (Å²) in [5.41, 5.74) is 0.564. The van der Waals surface area contributed by atoms with E-state index in [1.165, 1.54) is 20.1 Å². The van der Waals surface area contributed by atoms with E-state index < -0.39 is 23.1 Å². The van der Waals surface area contributed by atoms with Crippen LogP contribution in [0.5, 0.6) is 5.88 Å². The molecule has 0 aliphatic carbocycles. The van der Waals surface area contributed by atoms with Crippen molar-refractivity contribution in [2.45, 2.75) is 13.8 Å². The molecule has 8 nitrogen and oxygen atoms in total. The summed E-state index contributed by atoms with van der Waals surface area (Å²) in [6, 6.07) is 13.2. The van der Waals surface area contributed by atoms with Crippen molar-refractivity contribution in [1.29, 1.82) is 0 Å². The van der Waals surface area contributed by atoms with Gasteiger partial charge in [0.1, 0.15) is 5.56 Å². The molecule has 0 bridgehead atoms. The molecule has 0 spiro atoms. The molecule has 0 aliphatic rings. The molecule has 2 N–H and O–H groups in total. The number of hydrogen-bond acceptors (Lipinski definition) is 6. The summed E-state index contributed by atoms with van der Waals surface area (Å²) in [5.74, 6) is -1.04. The molecular weight excluding hydrogens is 374 g/mol. The van der Waals surface area contributed by atoms with E-state index in [0.717, 1.165) is 10.1 Å². The van der Waals surface area contributed by atoms with Gasteiger partial charge < -0.3 is 9.84 Å². The minimum Gasteiger partial charge on any atom is -0.493 e. The Kier molecular flexibility index (Phi) is 5.45. The first-order valence-corrected chi connectivity index (χ1v) is 8.71. The van der Waals surface area contributed by atoms with Crippen LogP contribution in [0.1, 0.15) is 28.4 Å². The number of carbonyl (C=O) groups excluding carboxylic acids is 1. The van der Waals surface area contributed by atoms with Crippen LogP contribution in [0.15, 0.2) is 63.1 Å². The fourth-order valence-corrected chi connectivity index (χ4v) is 2.85. The third-order valence-corrected chi connectivity index (χ3v) is 4.30. The molecule has 2 aromatic carbocycles. The van der Waals surface area contributed by atoms with Gasteiger partial charge in [-0.25, -0.2) is 14.2 Å². The zero-order valence-electron chi connectivity index (χ0n) is 16.1. The lowest BCUT2D eigenvalue weighted by molar-refractivity contribution is 0.0600. The van der Waals surface area contributed by atoms with E-state index >= 15 is 0 Å². The highest BCUT2D eigenvalue weighted by Gasteiger charge is 2.18. The van der Waals surface area contributed by atoms with Crippen LogP contribution in [0.2, 0.25) is 0 Å². The second kappa shape index (κ2) is 7.97. The number of H-pyrrole nitrogens is 1. The summed E-state index contributed by atoms with van der Waals surface area (Å²) in [5, 5.41) is 10.7. The van der Waals surface area contributed by atoms with Gasteiger partial charge in [0.2, 0.25) is 5.88 Å². The Labute approximate surface area is 165 Å². The van der Waals surface area contributed by atoms with Crippen molar-refractivity contribution in [2.75, 3.05) is 7.11 Å². The highest BCUT2D eigenvalue weighted by molar-refractivity contribution is 6.02. The minimum absolute atomic E-state index is 0.145. The maximum atomic E-state index is 12.4. The number of aliphatic imine (C=N–C) groups is 1. The SMILES string of the molecule is COC(=O)c1cccc(N=C(C)c2c(O)n(-c3ccc(C)cc3)c(=O)[nH]c2=O)c1. The lowest BCUT2D eigenvalue weighted by Gasteiger charge is -2.11. The van der Waals surface area contributed by atoms with Gasteiger partial charge in [0, 0.05) is 0 Å². The molecule has 0 saturated heterocycles. The Balaban J connectivity index is 2.14. The molecule has 0 unspecified atom stereocenters. The average molecular weight is 393 g/mol. The van der Waals surface area contributed by atoms with E-state index in [2.05, 4.69) is 14.7 Å². The number of hydrogen-bond donors (Lipinski definition) is 2. The Bertz CT molecular complexity index is 1220. The Morgan fingerprint density at radius 2 is 1.83 bits per heavy atom. The summed E-state index contributed by atoms with van der Waals surface area (Å²) in [6.45, 7) is 3.42. The van der Waals surface area contributed by atoms with Crippen molar-refractivity contribution in [2.24, 2.45) is 4.99 Å². The first kappa shape index (κ1) is 19.8. The van der Waals surface area contributed by atoms with E-state index in [1.54, 1.807) is 42.5 Å². The smallest absolute Gasteiger partial charge is 0.337 e. The number of nitrogens with zero attached hydrogens (tertiary/aromatic N) is 2. The predicted molar refractivity (Wildman–Crippen MR) is 109 cm³/mol. The molecule has 3 aromatic rings. The molecule has 0 aliphatic heterocycles. The van der Waals surface area contributed by atoms with E-state index in [0.29, 0.717) is 16.9 Å². The summed E-state index contributed by atoms with van der Waals surface area (Å²) >= 11 is 0. The number of esters is 1. The molecule has 3 rings (SSSR count). The van der Waals surface area contributed by atoms with Crippen molar-refractivity contribution in [3.63, 3.8) is 0 Å². The molecule has 29 heavy (non-hydrogen) atoms. The van der Waals surface area contributed by atoms with Crippen LogP contribution in [0.25, 0.3) is 5.69 Å². The van der Waals surface area contributed by atoms with Crippen LogP contribution in [-0.2, 0) is 4.74 Å². The van der Waals surface area contributed by atoms with Gasteiger partial charge >= 0.3 is 11.7 Å². The average Bonchev–Trinajstić information content (AvgIpc) is 2.68. The quantitative estimate of drug-likeness (QED) is 0.522. The van der Waals surface area contributed by atoms with Crippen LogP contribution in [0, 0.1) is 6.92 Å². The molecule has 0 saturated carbocycles. The number of aryl methyl sites for hydroxylation is 1. The van der Waals surface area contributed by atoms with Crippen molar-refractivity contribution in [1.82, 2.24) is 9.55 Å². The lowest BCUT2D eigenvalue weighted by atomic mass is 10.1. The second-order valence-electron chi connectivity index (χ2n) is 6.37. The predicted octanol–water partition coefficient (Wildman–Crippen LogP) is 2.47. The van der Waals surface area contributed by atoms with Crippen molar-refractivity contribution < 1.29 is 14.6 Å². The third-order valence-electron chi connectivity index (χ3n) is 4.30. The Hall–Kier alpha value is -3.94. The summed E-state index contributed by atoms with van der Waals surface area (Å²) in [4.78, 5) is 42.9. The number of nitrogens with one attached hydrogen (secondary N) is 1. The van der Waals surface area contributed by atoms with Gasteiger partial charge in [-0.2, -0.15) is 0 Å². The van der Waals surface area contributed by atoms with E-state index in [4.69, 9.17) is 0 Å². The molecule has 0 amide bonds. The van der Waals surface area contributed by atoms with E-state index in [9.17, 15) is 19.5 Å². The molecule has 0 fully saturated rings. The number of ether oxygens (including phenoxy) is 1. The first-order valence-electron chi connectivity index (χ1n) is 8.71. The fourth-order valence-electron chi connectivity index (χ4n) is 2.85. The topological polar surface area (TPSA) is 114 Å². The van der Waals surface area contributed by atoms with Gasteiger partial charge in [-0.15, -0.1) is 0 Å². The molecule has 1 heterocycles. The van der Waals surface area contributed by atoms with Crippen LogP contribution < -0.4 is 11.2 Å². The molecule has 8 heteroatoms. The Morgan fingerprint density at radius 1 is 1.14 bits per heavy atom. The second-order valence-corrected chi connectivity index (χ2v) is 6.37. The zero-order valence-corrected chi connectivity index (χ0v) is 16.1. The van der Waals surface area contributed by atoms with E-state index in [1.807, 2.05) is 6.92 Å². The van der Waals surface area contributed by atoms with Gasteiger partial charge in [-0.3, -0.25) is 14.8 Å². The number of carbonyl (C=O) groups is 1. The number of benzene rings is 2. The molecular formula is C21H19N3O5. The summed E-state index contributed by atoms with van der Waals surface area (Å²) < 4.78 is 5.68. The van der Waals surface area contributed by atoms with Gasteiger partial charge in [0.05, 0.1) is 29.8 Å². The lowest BCUT2D eigenvalue weighted by Crippen LogP contribution is -2.32. The normalized spacial score (nSPS) is 11.3. The summed E-state index contributed by atoms with van der Waals surface area (Å²) in [7, 11) is 1.27. The van der Waals surface area contributed by atoms with Crippen LogP contribution in [0.4, 0.5) is 5.69 Å². The first-order chi connectivity index (χ1) is 13.8. The minimum atomic E-state index is -0.763. The number of rotatable bonds is 4. The van der Waals surface area contributed by atoms with Crippen LogP contribution >= 0.6 is 0 Å². The van der Waals surface area contributed by atoms with Gasteiger partial charge in [0.15, 0.2) is 0 Å². The maximum Gasteiger partial charge on any atom is 0.337 e. The monoisotopic (exact) mass is 393 g/mol. The Morgan fingerprint density at radius 3 is 2.48 bits per heavy atom. The number of aromatic amines is 1. The fraction of sp³-hybridized carbons (Fsp3) is 0.143. The number of aromatic nitrogens is 2. The zero-order chi connectivity index (χ0) is 21.1.